The fourth-order valence-electron chi connectivity index (χ4n) is 2.23. The van der Waals surface area contributed by atoms with Crippen molar-refractivity contribution in [2.75, 3.05) is 7.11 Å². The maximum atomic E-state index is 11.2. The van der Waals surface area contributed by atoms with Crippen molar-refractivity contribution in [3.8, 4) is 0 Å². The van der Waals surface area contributed by atoms with Gasteiger partial charge in [-0.25, -0.2) is 4.79 Å². The van der Waals surface area contributed by atoms with Gasteiger partial charge < -0.3 is 14.4 Å². The van der Waals surface area contributed by atoms with Crippen LogP contribution in [0.15, 0.2) is 54.3 Å². The molecule has 1 aromatic carbocycles. The average Bonchev–Trinajstić information content (AvgIpc) is 2.49. The molecule has 2 atom stereocenters. The van der Waals surface area contributed by atoms with Crippen LogP contribution >= 0.6 is 0 Å². The summed E-state index contributed by atoms with van der Waals surface area (Å²) >= 11 is 0. The molecule has 0 spiro atoms. The van der Waals surface area contributed by atoms with E-state index in [1.54, 1.807) is 6.08 Å². The average molecular weight is 287 g/mol. The van der Waals surface area contributed by atoms with Crippen molar-refractivity contribution in [1.82, 2.24) is 4.90 Å². The minimum atomic E-state index is -0.365. The second-order valence-corrected chi connectivity index (χ2v) is 5.02. The summed E-state index contributed by atoms with van der Waals surface area (Å²) in [6.07, 6.45) is 5.16. The molecule has 0 unspecified atom stereocenters. The molecule has 4 heteroatoms. The minimum absolute atomic E-state index is 0.00418. The molecule has 1 heterocycles. The fourth-order valence-corrected chi connectivity index (χ4v) is 2.23. The molecule has 0 saturated carbocycles. The van der Waals surface area contributed by atoms with Crippen LogP contribution in [0, 0.1) is 0 Å². The molecule has 0 amide bonds. The van der Waals surface area contributed by atoms with E-state index >= 15 is 0 Å². The van der Waals surface area contributed by atoms with Crippen molar-refractivity contribution in [2.24, 2.45) is 0 Å². The smallest absolute Gasteiger partial charge is 0.330 e. The predicted molar refractivity (Wildman–Crippen MR) is 81.2 cm³/mol. The van der Waals surface area contributed by atoms with E-state index in [1.165, 1.54) is 18.7 Å². The summed E-state index contributed by atoms with van der Waals surface area (Å²) in [7, 11) is 1.37. The SMILES string of the molecule is COC(=O)/C=C/C1=CN(Cc2ccccc2)[C@@H](C)O[C@@H]1C. The van der Waals surface area contributed by atoms with Crippen LogP contribution in [0.1, 0.15) is 19.4 Å². The molecule has 1 aromatic rings. The minimum Gasteiger partial charge on any atom is -0.466 e. The van der Waals surface area contributed by atoms with E-state index in [0.717, 1.165) is 12.1 Å². The Kier molecular flexibility index (Phi) is 5.17. The van der Waals surface area contributed by atoms with Crippen molar-refractivity contribution >= 4 is 5.97 Å². The molecule has 21 heavy (non-hydrogen) atoms. The summed E-state index contributed by atoms with van der Waals surface area (Å²) in [5.41, 5.74) is 2.17. The van der Waals surface area contributed by atoms with Crippen LogP contribution in [0.3, 0.4) is 0 Å². The zero-order chi connectivity index (χ0) is 15.2. The molecule has 112 valence electrons. The predicted octanol–water partition coefficient (Wildman–Crippen LogP) is 2.87. The zero-order valence-corrected chi connectivity index (χ0v) is 12.7. The molecule has 0 N–H and O–H groups in total. The summed E-state index contributed by atoms with van der Waals surface area (Å²) < 4.78 is 10.5. The first-order chi connectivity index (χ1) is 10.1. The fraction of sp³-hybridized carbons (Fsp3) is 0.353. The largest absolute Gasteiger partial charge is 0.466 e. The Labute approximate surface area is 125 Å². The summed E-state index contributed by atoms with van der Waals surface area (Å²) in [6.45, 7) is 4.77. The monoisotopic (exact) mass is 287 g/mol. The molecule has 4 nitrogen and oxygen atoms in total. The van der Waals surface area contributed by atoms with Crippen molar-refractivity contribution in [2.45, 2.75) is 32.7 Å². The molecule has 2 rings (SSSR count). The number of benzene rings is 1. The van der Waals surface area contributed by atoms with Gasteiger partial charge in [-0.1, -0.05) is 30.3 Å². The molecular weight excluding hydrogens is 266 g/mol. The summed E-state index contributed by atoms with van der Waals surface area (Å²) in [5, 5.41) is 0. The Hall–Kier alpha value is -2.07. The third-order valence-electron chi connectivity index (χ3n) is 3.47. The lowest BCUT2D eigenvalue weighted by atomic mass is 10.1. The highest BCUT2D eigenvalue weighted by molar-refractivity contribution is 5.82. The first kappa shape index (κ1) is 15.3. The van der Waals surface area contributed by atoms with Gasteiger partial charge in [-0.05, 0) is 31.1 Å². The van der Waals surface area contributed by atoms with Gasteiger partial charge in [0.1, 0.15) is 6.23 Å². The van der Waals surface area contributed by atoms with Crippen LogP contribution in [0.25, 0.3) is 0 Å². The maximum absolute atomic E-state index is 11.2. The molecule has 0 saturated heterocycles. The van der Waals surface area contributed by atoms with E-state index < -0.39 is 0 Å². The Morgan fingerprint density at radius 2 is 2.05 bits per heavy atom. The molecule has 1 aliphatic rings. The van der Waals surface area contributed by atoms with Gasteiger partial charge in [0.15, 0.2) is 0 Å². The third-order valence-corrected chi connectivity index (χ3v) is 3.47. The number of carbonyl (C=O) groups excluding carboxylic acids is 1. The summed E-state index contributed by atoms with van der Waals surface area (Å²) in [4.78, 5) is 13.3. The Morgan fingerprint density at radius 3 is 2.71 bits per heavy atom. The van der Waals surface area contributed by atoms with E-state index in [2.05, 4.69) is 21.8 Å². The van der Waals surface area contributed by atoms with E-state index in [0.29, 0.717) is 0 Å². The summed E-state index contributed by atoms with van der Waals surface area (Å²) in [5.74, 6) is -0.365. The maximum Gasteiger partial charge on any atom is 0.330 e. The number of methoxy groups -OCH3 is 1. The Morgan fingerprint density at radius 1 is 1.33 bits per heavy atom. The number of hydrogen-bond donors (Lipinski definition) is 0. The van der Waals surface area contributed by atoms with Gasteiger partial charge in [-0.2, -0.15) is 0 Å². The molecule has 0 bridgehead atoms. The van der Waals surface area contributed by atoms with Crippen molar-refractivity contribution in [3.63, 3.8) is 0 Å². The number of carbonyl (C=O) groups is 1. The quantitative estimate of drug-likeness (QED) is 0.630. The highest BCUT2D eigenvalue weighted by atomic mass is 16.5. The van der Waals surface area contributed by atoms with Gasteiger partial charge >= 0.3 is 5.97 Å². The molecule has 0 radical (unpaired) electrons. The van der Waals surface area contributed by atoms with E-state index in [1.807, 2.05) is 38.2 Å². The van der Waals surface area contributed by atoms with Crippen LogP contribution in [-0.2, 0) is 20.8 Å². The van der Waals surface area contributed by atoms with E-state index in [4.69, 9.17) is 4.74 Å². The molecule has 1 aliphatic heterocycles. The molecular formula is C17H21NO3. The lowest BCUT2D eigenvalue weighted by Gasteiger charge is -2.36. The van der Waals surface area contributed by atoms with Gasteiger partial charge in [0.05, 0.1) is 13.2 Å². The van der Waals surface area contributed by atoms with Gasteiger partial charge in [-0.3, -0.25) is 0 Å². The lowest BCUT2D eigenvalue weighted by Crippen LogP contribution is -2.38. The zero-order valence-electron chi connectivity index (χ0n) is 12.7. The second-order valence-electron chi connectivity index (χ2n) is 5.02. The van der Waals surface area contributed by atoms with E-state index in [9.17, 15) is 4.79 Å². The topological polar surface area (TPSA) is 38.8 Å². The lowest BCUT2D eigenvalue weighted by molar-refractivity contribution is -0.134. The molecule has 0 aliphatic carbocycles. The molecule has 0 aromatic heterocycles. The third kappa shape index (κ3) is 4.20. The van der Waals surface area contributed by atoms with Crippen LogP contribution in [0.5, 0.6) is 0 Å². The highest BCUT2D eigenvalue weighted by Crippen LogP contribution is 2.22. The normalized spacial score (nSPS) is 22.2. The van der Waals surface area contributed by atoms with Crippen LogP contribution in [0.2, 0.25) is 0 Å². The number of nitrogens with zero attached hydrogens (tertiary/aromatic N) is 1. The van der Waals surface area contributed by atoms with Crippen LogP contribution in [0.4, 0.5) is 0 Å². The number of ether oxygens (including phenoxy) is 2. The van der Waals surface area contributed by atoms with Gasteiger partial charge in [-0.15, -0.1) is 0 Å². The second kappa shape index (κ2) is 7.09. The van der Waals surface area contributed by atoms with Crippen molar-refractivity contribution in [1.29, 1.82) is 0 Å². The van der Waals surface area contributed by atoms with Crippen LogP contribution < -0.4 is 0 Å². The number of rotatable bonds is 4. The van der Waals surface area contributed by atoms with Crippen molar-refractivity contribution in [3.05, 3.63) is 59.8 Å². The van der Waals surface area contributed by atoms with Crippen LogP contribution in [-0.4, -0.2) is 30.3 Å². The van der Waals surface area contributed by atoms with Gasteiger partial charge in [0, 0.05) is 18.8 Å². The first-order valence-corrected chi connectivity index (χ1v) is 7.03. The Balaban J connectivity index is 2.14. The van der Waals surface area contributed by atoms with Crippen molar-refractivity contribution < 1.29 is 14.3 Å². The number of hydrogen-bond acceptors (Lipinski definition) is 4. The highest BCUT2D eigenvalue weighted by Gasteiger charge is 2.22. The van der Waals surface area contributed by atoms with Gasteiger partial charge in [0.25, 0.3) is 0 Å². The standard InChI is InChI=1S/C17H21NO3/c1-13-16(9-10-17(19)20-3)12-18(14(2)21-13)11-15-7-5-4-6-8-15/h4-10,12-14H,11H2,1-3H3/b10-9+/t13-,14-/m1/s1. The Bertz CT molecular complexity index is 536. The number of esters is 1. The summed E-state index contributed by atoms with van der Waals surface area (Å²) in [6, 6.07) is 10.2. The van der Waals surface area contributed by atoms with E-state index in [-0.39, 0.29) is 18.3 Å². The first-order valence-electron chi connectivity index (χ1n) is 7.03. The molecule has 0 fully saturated rings. The van der Waals surface area contributed by atoms with Gasteiger partial charge in [0.2, 0.25) is 0 Å².